The van der Waals surface area contributed by atoms with Crippen LogP contribution >= 0.6 is 11.6 Å². The maximum absolute atomic E-state index is 12.6. The summed E-state index contributed by atoms with van der Waals surface area (Å²) in [5.41, 5.74) is 2.70. The molecule has 5 heteroatoms. The molecule has 25 heavy (non-hydrogen) atoms. The van der Waals surface area contributed by atoms with Crippen LogP contribution in [0.5, 0.6) is 5.75 Å². The molecule has 0 atom stereocenters. The van der Waals surface area contributed by atoms with Crippen molar-refractivity contribution in [1.29, 1.82) is 0 Å². The molecule has 0 unspecified atom stereocenters. The smallest absolute Gasteiger partial charge is 0.257 e. The summed E-state index contributed by atoms with van der Waals surface area (Å²) in [7, 11) is 1.62. The first-order chi connectivity index (χ1) is 12.2. The Morgan fingerprint density at radius 3 is 2.32 bits per heavy atom. The standard InChI is InChI=1S/C20H17ClN2O2/c1-25-17-10-8-16(9-11-17)22-19-13-14(21)7-12-18(19)20(24)23-15-5-3-2-4-6-15/h2-13,22H,1H3,(H,23,24). The number of para-hydroxylation sites is 1. The number of carbonyl (C=O) groups is 1. The minimum atomic E-state index is -0.209. The third kappa shape index (κ3) is 4.31. The van der Waals surface area contributed by atoms with Crippen LogP contribution in [0.15, 0.2) is 72.8 Å². The Morgan fingerprint density at radius 1 is 0.920 bits per heavy atom. The van der Waals surface area contributed by atoms with Gasteiger partial charge in [0.2, 0.25) is 0 Å². The van der Waals surface area contributed by atoms with E-state index in [1.165, 1.54) is 0 Å². The van der Waals surface area contributed by atoms with Crippen LogP contribution in [0.2, 0.25) is 5.02 Å². The Labute approximate surface area is 151 Å². The molecule has 0 aliphatic rings. The minimum Gasteiger partial charge on any atom is -0.497 e. The topological polar surface area (TPSA) is 50.4 Å². The lowest BCUT2D eigenvalue weighted by atomic mass is 10.1. The molecule has 0 aliphatic carbocycles. The van der Waals surface area contributed by atoms with Gasteiger partial charge in [-0.3, -0.25) is 4.79 Å². The second-order valence-corrected chi connectivity index (χ2v) is 5.80. The van der Waals surface area contributed by atoms with E-state index in [0.29, 0.717) is 16.3 Å². The van der Waals surface area contributed by atoms with Crippen molar-refractivity contribution < 1.29 is 9.53 Å². The maximum Gasteiger partial charge on any atom is 0.257 e. The number of rotatable bonds is 5. The van der Waals surface area contributed by atoms with Crippen molar-refractivity contribution in [2.75, 3.05) is 17.7 Å². The van der Waals surface area contributed by atoms with Crippen LogP contribution in [-0.4, -0.2) is 13.0 Å². The Bertz CT molecular complexity index is 865. The summed E-state index contributed by atoms with van der Waals surface area (Å²) in [6.07, 6.45) is 0. The molecule has 0 aliphatic heterocycles. The van der Waals surface area contributed by atoms with Gasteiger partial charge in [0.1, 0.15) is 5.75 Å². The van der Waals surface area contributed by atoms with E-state index in [4.69, 9.17) is 16.3 Å². The van der Waals surface area contributed by atoms with E-state index in [1.807, 2.05) is 54.6 Å². The van der Waals surface area contributed by atoms with E-state index >= 15 is 0 Å². The summed E-state index contributed by atoms with van der Waals surface area (Å²) < 4.78 is 5.15. The minimum absolute atomic E-state index is 0.209. The predicted octanol–water partition coefficient (Wildman–Crippen LogP) is 5.34. The van der Waals surface area contributed by atoms with Gasteiger partial charge in [-0.25, -0.2) is 0 Å². The summed E-state index contributed by atoms with van der Waals surface area (Å²) in [5, 5.41) is 6.66. The van der Waals surface area contributed by atoms with E-state index in [0.717, 1.165) is 17.1 Å². The average Bonchev–Trinajstić information content (AvgIpc) is 2.63. The maximum atomic E-state index is 12.6. The third-order valence-corrected chi connectivity index (χ3v) is 3.86. The molecule has 0 heterocycles. The Balaban J connectivity index is 1.85. The Morgan fingerprint density at radius 2 is 1.64 bits per heavy atom. The summed E-state index contributed by atoms with van der Waals surface area (Å²) in [4.78, 5) is 12.6. The number of amides is 1. The highest BCUT2D eigenvalue weighted by molar-refractivity contribution is 6.31. The number of halogens is 1. The highest BCUT2D eigenvalue weighted by atomic mass is 35.5. The number of nitrogens with one attached hydrogen (secondary N) is 2. The van der Waals surface area contributed by atoms with Crippen LogP contribution in [0.3, 0.4) is 0 Å². The molecule has 0 bridgehead atoms. The molecule has 2 N–H and O–H groups in total. The largest absolute Gasteiger partial charge is 0.497 e. The normalized spacial score (nSPS) is 10.2. The Hall–Kier alpha value is -2.98. The first-order valence-corrected chi connectivity index (χ1v) is 8.10. The monoisotopic (exact) mass is 352 g/mol. The van der Waals surface area contributed by atoms with Crippen molar-refractivity contribution in [2.45, 2.75) is 0 Å². The summed E-state index contributed by atoms with van der Waals surface area (Å²) >= 11 is 6.10. The van der Waals surface area contributed by atoms with Crippen molar-refractivity contribution in [3.05, 3.63) is 83.4 Å². The molecule has 0 spiro atoms. The van der Waals surface area contributed by atoms with Crippen LogP contribution in [0.1, 0.15) is 10.4 Å². The van der Waals surface area contributed by atoms with Gasteiger partial charge in [0.05, 0.1) is 18.4 Å². The van der Waals surface area contributed by atoms with Gasteiger partial charge in [0.15, 0.2) is 0 Å². The fourth-order valence-corrected chi connectivity index (χ4v) is 2.54. The predicted molar refractivity (Wildman–Crippen MR) is 102 cm³/mol. The molecule has 1 amide bonds. The fraction of sp³-hybridized carbons (Fsp3) is 0.0500. The molecular formula is C20H17ClN2O2. The molecule has 0 radical (unpaired) electrons. The van der Waals surface area contributed by atoms with Crippen molar-refractivity contribution in [2.24, 2.45) is 0 Å². The van der Waals surface area contributed by atoms with Gasteiger partial charge in [-0.2, -0.15) is 0 Å². The number of benzene rings is 3. The van der Waals surface area contributed by atoms with Crippen molar-refractivity contribution >= 4 is 34.6 Å². The molecule has 0 saturated heterocycles. The molecule has 3 aromatic carbocycles. The second-order valence-electron chi connectivity index (χ2n) is 5.36. The van der Waals surface area contributed by atoms with Gasteiger partial charge in [0, 0.05) is 16.4 Å². The van der Waals surface area contributed by atoms with Gasteiger partial charge in [-0.05, 0) is 54.6 Å². The van der Waals surface area contributed by atoms with E-state index in [-0.39, 0.29) is 5.91 Å². The zero-order valence-electron chi connectivity index (χ0n) is 13.6. The molecule has 0 saturated carbocycles. The third-order valence-electron chi connectivity index (χ3n) is 3.63. The zero-order chi connectivity index (χ0) is 17.6. The average molecular weight is 353 g/mol. The first-order valence-electron chi connectivity index (χ1n) is 7.73. The van der Waals surface area contributed by atoms with Gasteiger partial charge in [-0.1, -0.05) is 29.8 Å². The van der Waals surface area contributed by atoms with E-state index in [1.54, 1.807) is 25.3 Å². The van der Waals surface area contributed by atoms with Gasteiger partial charge in [-0.15, -0.1) is 0 Å². The Kier molecular flexibility index (Phi) is 5.21. The van der Waals surface area contributed by atoms with E-state index < -0.39 is 0 Å². The second kappa shape index (κ2) is 7.73. The van der Waals surface area contributed by atoms with E-state index in [9.17, 15) is 4.79 Å². The summed E-state index contributed by atoms with van der Waals surface area (Å²) in [6, 6.07) is 21.9. The van der Waals surface area contributed by atoms with Gasteiger partial charge >= 0.3 is 0 Å². The van der Waals surface area contributed by atoms with Crippen LogP contribution in [0.4, 0.5) is 17.1 Å². The van der Waals surface area contributed by atoms with Crippen molar-refractivity contribution in [1.82, 2.24) is 0 Å². The molecule has 3 aromatic rings. The lowest BCUT2D eigenvalue weighted by Crippen LogP contribution is -2.13. The number of ether oxygens (including phenoxy) is 1. The molecule has 0 aromatic heterocycles. The molecule has 3 rings (SSSR count). The fourth-order valence-electron chi connectivity index (χ4n) is 2.37. The van der Waals surface area contributed by atoms with E-state index in [2.05, 4.69) is 10.6 Å². The van der Waals surface area contributed by atoms with Crippen molar-refractivity contribution in [3.63, 3.8) is 0 Å². The highest BCUT2D eigenvalue weighted by Gasteiger charge is 2.13. The lowest BCUT2D eigenvalue weighted by molar-refractivity contribution is 0.102. The van der Waals surface area contributed by atoms with Gasteiger partial charge in [0.25, 0.3) is 5.91 Å². The number of carbonyl (C=O) groups excluding carboxylic acids is 1. The van der Waals surface area contributed by atoms with Crippen LogP contribution in [-0.2, 0) is 0 Å². The van der Waals surface area contributed by atoms with Crippen LogP contribution in [0.25, 0.3) is 0 Å². The lowest BCUT2D eigenvalue weighted by Gasteiger charge is -2.13. The number of methoxy groups -OCH3 is 1. The molecular weight excluding hydrogens is 336 g/mol. The number of hydrogen-bond acceptors (Lipinski definition) is 3. The van der Waals surface area contributed by atoms with Crippen LogP contribution < -0.4 is 15.4 Å². The summed E-state index contributed by atoms with van der Waals surface area (Å²) in [6.45, 7) is 0. The van der Waals surface area contributed by atoms with Gasteiger partial charge < -0.3 is 15.4 Å². The number of anilines is 3. The zero-order valence-corrected chi connectivity index (χ0v) is 14.4. The highest BCUT2D eigenvalue weighted by Crippen LogP contribution is 2.26. The number of hydrogen-bond donors (Lipinski definition) is 2. The SMILES string of the molecule is COc1ccc(Nc2cc(Cl)ccc2C(=O)Nc2ccccc2)cc1. The molecule has 4 nitrogen and oxygen atoms in total. The van der Waals surface area contributed by atoms with Crippen molar-refractivity contribution in [3.8, 4) is 5.75 Å². The molecule has 0 fully saturated rings. The molecule has 126 valence electrons. The quantitative estimate of drug-likeness (QED) is 0.651. The summed E-state index contributed by atoms with van der Waals surface area (Å²) in [5.74, 6) is 0.553. The first kappa shape index (κ1) is 16.9. The van der Waals surface area contributed by atoms with Crippen LogP contribution in [0, 0.1) is 0 Å².